The second kappa shape index (κ2) is 3.16. The van der Waals surface area contributed by atoms with Crippen LogP contribution in [0.3, 0.4) is 0 Å². The number of hydrogen-bond acceptors (Lipinski definition) is 1. The number of aromatic nitrogens is 1. The summed E-state index contributed by atoms with van der Waals surface area (Å²) in [4.78, 5) is 4.14. The third-order valence-electron chi connectivity index (χ3n) is 1.33. The van der Waals surface area contributed by atoms with Gasteiger partial charge in [0.05, 0.1) is 5.69 Å². The third kappa shape index (κ3) is 1.44. The molecule has 1 radical (unpaired) electrons. The molecule has 0 saturated carbocycles. The van der Waals surface area contributed by atoms with E-state index >= 15 is 0 Å². The molecule has 0 aliphatic carbocycles. The Balaban J connectivity index is 3.03. The van der Waals surface area contributed by atoms with Gasteiger partial charge in [0.1, 0.15) is 0 Å². The highest BCUT2D eigenvalue weighted by atomic mass is 14.7. The van der Waals surface area contributed by atoms with Crippen LogP contribution in [0.4, 0.5) is 0 Å². The van der Waals surface area contributed by atoms with Gasteiger partial charge >= 0.3 is 0 Å². The lowest BCUT2D eigenvalue weighted by molar-refractivity contribution is 1.24. The van der Waals surface area contributed by atoms with Gasteiger partial charge in [0.25, 0.3) is 0 Å². The van der Waals surface area contributed by atoms with Gasteiger partial charge in [-0.15, -0.1) is 0 Å². The Morgan fingerprint density at radius 1 is 1.60 bits per heavy atom. The van der Waals surface area contributed by atoms with Crippen molar-refractivity contribution in [2.45, 2.75) is 6.92 Å². The van der Waals surface area contributed by atoms with Gasteiger partial charge in [-0.3, -0.25) is 4.98 Å². The van der Waals surface area contributed by atoms with Crippen LogP contribution in [-0.2, 0) is 0 Å². The second-order valence-electron chi connectivity index (χ2n) is 2.11. The van der Waals surface area contributed by atoms with Crippen LogP contribution in [0.5, 0.6) is 0 Å². The summed E-state index contributed by atoms with van der Waals surface area (Å²) >= 11 is 0. The molecule has 0 unspecified atom stereocenters. The van der Waals surface area contributed by atoms with Crippen LogP contribution in [0, 0.1) is 13.8 Å². The Hall–Kier alpha value is -1.11. The predicted molar refractivity (Wildman–Crippen MR) is 43.4 cm³/mol. The van der Waals surface area contributed by atoms with Crippen molar-refractivity contribution in [1.82, 2.24) is 4.98 Å². The van der Waals surface area contributed by atoms with Crippen molar-refractivity contribution >= 4 is 6.08 Å². The maximum Gasteiger partial charge on any atom is 0.0655 e. The van der Waals surface area contributed by atoms with E-state index < -0.39 is 0 Å². The first kappa shape index (κ1) is 7.00. The second-order valence-corrected chi connectivity index (χ2v) is 2.11. The predicted octanol–water partition coefficient (Wildman–Crippen LogP) is 2.24. The molecule has 1 rings (SSSR count). The molecule has 0 N–H and O–H groups in total. The van der Waals surface area contributed by atoms with E-state index in [2.05, 4.69) is 11.9 Å². The zero-order chi connectivity index (χ0) is 7.40. The Morgan fingerprint density at radius 3 is 3.00 bits per heavy atom. The van der Waals surface area contributed by atoms with Crippen molar-refractivity contribution in [3.8, 4) is 0 Å². The molecular weight excluding hydrogens is 122 g/mol. The summed E-state index contributed by atoms with van der Waals surface area (Å²) in [5.74, 6) is 0. The molecule has 0 aliphatic rings. The van der Waals surface area contributed by atoms with Crippen LogP contribution in [0.25, 0.3) is 6.08 Å². The molecule has 0 fully saturated rings. The number of hydrogen-bond donors (Lipinski definition) is 0. The molecule has 1 heterocycles. The minimum absolute atomic E-state index is 0.998. The van der Waals surface area contributed by atoms with E-state index in [9.17, 15) is 0 Å². The fraction of sp³-hybridized carbons (Fsp3) is 0.111. The Morgan fingerprint density at radius 2 is 2.40 bits per heavy atom. The number of aryl methyl sites for hydroxylation is 1. The summed E-state index contributed by atoms with van der Waals surface area (Å²) in [6.07, 6.45) is 5.42. The fourth-order valence-corrected chi connectivity index (χ4v) is 0.784. The van der Waals surface area contributed by atoms with Crippen molar-refractivity contribution in [2.75, 3.05) is 0 Å². The van der Waals surface area contributed by atoms with Gasteiger partial charge in [0.15, 0.2) is 0 Å². The van der Waals surface area contributed by atoms with Crippen molar-refractivity contribution in [1.29, 1.82) is 0 Å². The number of allylic oxidation sites excluding steroid dienone is 1. The molecular formula is C9H10N. The van der Waals surface area contributed by atoms with E-state index in [1.165, 1.54) is 5.56 Å². The van der Waals surface area contributed by atoms with E-state index in [1.807, 2.05) is 25.1 Å². The fourth-order valence-electron chi connectivity index (χ4n) is 0.784. The van der Waals surface area contributed by atoms with E-state index in [0.717, 1.165) is 5.69 Å². The van der Waals surface area contributed by atoms with Gasteiger partial charge in [0, 0.05) is 6.20 Å². The molecule has 10 heavy (non-hydrogen) atoms. The summed E-state index contributed by atoms with van der Waals surface area (Å²) in [5.41, 5.74) is 2.18. The van der Waals surface area contributed by atoms with Crippen LogP contribution in [0.15, 0.2) is 24.4 Å². The van der Waals surface area contributed by atoms with Gasteiger partial charge in [-0.05, 0) is 31.6 Å². The smallest absolute Gasteiger partial charge is 0.0655 e. The highest BCUT2D eigenvalue weighted by Crippen LogP contribution is 2.03. The van der Waals surface area contributed by atoms with Crippen LogP contribution in [-0.4, -0.2) is 4.98 Å². The molecule has 51 valence electrons. The zero-order valence-electron chi connectivity index (χ0n) is 6.04. The normalized spacial score (nSPS) is 10.6. The summed E-state index contributed by atoms with van der Waals surface area (Å²) < 4.78 is 0. The minimum Gasteiger partial charge on any atom is -0.257 e. The first-order valence-electron chi connectivity index (χ1n) is 3.22. The summed E-state index contributed by atoms with van der Waals surface area (Å²) in [5, 5.41) is 0. The Labute approximate surface area is 61.4 Å². The third-order valence-corrected chi connectivity index (χ3v) is 1.33. The standard InChI is InChI=1S/C9H10N/c1-3-5-9-8(2)6-4-7-10-9/h3-7H,1H2,2H3. The van der Waals surface area contributed by atoms with Crippen LogP contribution in [0.2, 0.25) is 0 Å². The van der Waals surface area contributed by atoms with Gasteiger partial charge < -0.3 is 0 Å². The lowest BCUT2D eigenvalue weighted by Gasteiger charge is -1.95. The molecule has 1 aromatic heterocycles. The lowest BCUT2D eigenvalue weighted by atomic mass is 10.2. The van der Waals surface area contributed by atoms with Crippen LogP contribution in [0.1, 0.15) is 11.3 Å². The van der Waals surface area contributed by atoms with Crippen molar-refractivity contribution < 1.29 is 0 Å². The largest absolute Gasteiger partial charge is 0.257 e. The highest BCUT2D eigenvalue weighted by molar-refractivity contribution is 5.48. The van der Waals surface area contributed by atoms with Gasteiger partial charge in [-0.2, -0.15) is 0 Å². The summed E-state index contributed by atoms with van der Waals surface area (Å²) in [6, 6.07) is 3.96. The molecule has 0 spiro atoms. The quantitative estimate of drug-likeness (QED) is 0.571. The lowest BCUT2D eigenvalue weighted by Crippen LogP contribution is -1.82. The zero-order valence-corrected chi connectivity index (χ0v) is 6.04. The monoisotopic (exact) mass is 132 g/mol. The van der Waals surface area contributed by atoms with E-state index in [-0.39, 0.29) is 0 Å². The maximum absolute atomic E-state index is 4.14. The molecule has 0 bridgehead atoms. The molecule has 1 aromatic rings. The maximum atomic E-state index is 4.14. The Bertz CT molecular complexity index is 238. The van der Waals surface area contributed by atoms with Crippen molar-refractivity contribution in [2.24, 2.45) is 0 Å². The van der Waals surface area contributed by atoms with Gasteiger partial charge in [-0.25, -0.2) is 0 Å². The van der Waals surface area contributed by atoms with E-state index in [1.54, 1.807) is 12.3 Å². The summed E-state index contributed by atoms with van der Waals surface area (Å²) in [6.45, 7) is 5.63. The molecule has 1 heteroatoms. The van der Waals surface area contributed by atoms with E-state index in [4.69, 9.17) is 0 Å². The topological polar surface area (TPSA) is 12.9 Å². The molecule has 1 nitrogen and oxygen atoms in total. The average molecular weight is 132 g/mol. The number of rotatable bonds is 1. The molecule has 0 amide bonds. The van der Waals surface area contributed by atoms with Crippen molar-refractivity contribution in [3.63, 3.8) is 0 Å². The molecule has 0 atom stereocenters. The summed E-state index contributed by atoms with van der Waals surface area (Å²) in [7, 11) is 0. The van der Waals surface area contributed by atoms with Crippen LogP contribution < -0.4 is 0 Å². The average Bonchev–Trinajstić information content (AvgIpc) is 1.94. The first-order valence-corrected chi connectivity index (χ1v) is 3.22. The highest BCUT2D eigenvalue weighted by Gasteiger charge is 1.89. The minimum atomic E-state index is 0.998. The Kier molecular flexibility index (Phi) is 2.21. The first-order chi connectivity index (χ1) is 4.84. The molecule has 0 aromatic carbocycles. The van der Waals surface area contributed by atoms with E-state index in [0.29, 0.717) is 0 Å². The van der Waals surface area contributed by atoms with Crippen LogP contribution >= 0.6 is 0 Å². The number of nitrogens with zero attached hydrogens (tertiary/aromatic N) is 1. The number of pyridine rings is 1. The molecule has 0 saturated heterocycles. The SMILES string of the molecule is [CH2]C=Cc1ncccc1C. The molecule has 0 aliphatic heterocycles. The van der Waals surface area contributed by atoms with Gasteiger partial charge in [0.2, 0.25) is 0 Å². The van der Waals surface area contributed by atoms with Gasteiger partial charge in [-0.1, -0.05) is 12.1 Å². The van der Waals surface area contributed by atoms with Crippen molar-refractivity contribution in [3.05, 3.63) is 42.6 Å².